The zero-order valence-electron chi connectivity index (χ0n) is 10.3. The zero-order valence-corrected chi connectivity index (χ0v) is 10.3. The molecule has 80 valence electrons. The van der Waals surface area contributed by atoms with E-state index in [-0.39, 0.29) is 0 Å². The molecule has 0 aliphatic heterocycles. The van der Waals surface area contributed by atoms with E-state index in [1.54, 1.807) is 0 Å². The quantitative estimate of drug-likeness (QED) is 0.494. The summed E-state index contributed by atoms with van der Waals surface area (Å²) in [5.41, 5.74) is 0. The molecule has 0 unspecified atom stereocenters. The maximum Gasteiger partial charge on any atom is -0.0440 e. The fraction of sp³-hybridized carbons (Fsp3) is 1.00. The lowest BCUT2D eigenvalue weighted by molar-refractivity contribution is 0.392. The summed E-state index contributed by atoms with van der Waals surface area (Å²) >= 11 is 0. The molecule has 0 spiro atoms. The van der Waals surface area contributed by atoms with E-state index < -0.39 is 0 Å². The van der Waals surface area contributed by atoms with Crippen LogP contribution in [-0.4, -0.2) is 0 Å². The average Bonchev–Trinajstić information content (AvgIpc) is 1.96. The molecule has 0 amide bonds. The monoisotopic (exact) mass is 184 g/mol. The molecule has 0 heterocycles. The average molecular weight is 184 g/mol. The Morgan fingerprint density at radius 3 is 1.69 bits per heavy atom. The Labute approximate surface area is 85.1 Å². The van der Waals surface area contributed by atoms with Crippen molar-refractivity contribution in [3.63, 3.8) is 0 Å². The number of hydrogen-bond donors (Lipinski definition) is 0. The van der Waals surface area contributed by atoms with Gasteiger partial charge < -0.3 is 0 Å². The maximum absolute atomic E-state index is 2.40. The van der Waals surface area contributed by atoms with Crippen LogP contribution < -0.4 is 0 Å². The van der Waals surface area contributed by atoms with Crippen LogP contribution in [0.2, 0.25) is 0 Å². The molecule has 0 fully saturated rings. The van der Waals surface area contributed by atoms with E-state index in [2.05, 4.69) is 34.6 Å². The number of hydrogen-bond acceptors (Lipinski definition) is 0. The fourth-order valence-corrected chi connectivity index (χ4v) is 1.97. The molecule has 1 atom stereocenters. The third kappa shape index (κ3) is 9.92. The maximum atomic E-state index is 2.40. The topological polar surface area (TPSA) is 0 Å². The second kappa shape index (κ2) is 7.41. The standard InChI is InChI=1S/C13H28/c1-11(2)8-6-7-9-13(5)10-12(3)4/h11-13H,6-10H2,1-5H3/t13-/m1/s1. The first-order chi connectivity index (χ1) is 6.02. The first-order valence-electron chi connectivity index (χ1n) is 6.02. The van der Waals surface area contributed by atoms with Crippen molar-refractivity contribution in [1.29, 1.82) is 0 Å². The van der Waals surface area contributed by atoms with Gasteiger partial charge in [0.25, 0.3) is 0 Å². The van der Waals surface area contributed by atoms with Gasteiger partial charge in [-0.25, -0.2) is 0 Å². The second-order valence-corrected chi connectivity index (χ2v) is 5.41. The zero-order chi connectivity index (χ0) is 10.3. The Balaban J connectivity index is 3.22. The molecule has 0 heteroatoms. The Morgan fingerprint density at radius 2 is 1.23 bits per heavy atom. The van der Waals surface area contributed by atoms with Gasteiger partial charge in [0.15, 0.2) is 0 Å². The SMILES string of the molecule is CC(C)CCCC[C@@H](C)CC(C)C. The molecular formula is C13H28. The molecule has 0 aliphatic rings. The molecule has 0 aromatic heterocycles. The van der Waals surface area contributed by atoms with Crippen molar-refractivity contribution in [2.75, 3.05) is 0 Å². The Bertz CT molecular complexity index is 103. The normalized spacial score (nSPS) is 14.1. The molecular weight excluding hydrogens is 156 g/mol. The fourth-order valence-electron chi connectivity index (χ4n) is 1.97. The predicted molar refractivity (Wildman–Crippen MR) is 61.9 cm³/mol. The van der Waals surface area contributed by atoms with Gasteiger partial charge in [0.2, 0.25) is 0 Å². The summed E-state index contributed by atoms with van der Waals surface area (Å²) in [6.07, 6.45) is 7.12. The van der Waals surface area contributed by atoms with Crippen molar-refractivity contribution in [1.82, 2.24) is 0 Å². The smallest absolute Gasteiger partial charge is 0.0440 e. The predicted octanol–water partition coefficient (Wildman–Crippen LogP) is 4.89. The molecule has 0 saturated carbocycles. The largest absolute Gasteiger partial charge is 0.0628 e. The summed E-state index contributed by atoms with van der Waals surface area (Å²) in [4.78, 5) is 0. The van der Waals surface area contributed by atoms with Gasteiger partial charge in [0, 0.05) is 0 Å². The van der Waals surface area contributed by atoms with Gasteiger partial charge in [-0.05, 0) is 24.2 Å². The third-order valence-electron chi connectivity index (χ3n) is 2.60. The van der Waals surface area contributed by atoms with E-state index in [0.29, 0.717) is 0 Å². The second-order valence-electron chi connectivity index (χ2n) is 5.41. The van der Waals surface area contributed by atoms with E-state index in [9.17, 15) is 0 Å². The van der Waals surface area contributed by atoms with Crippen molar-refractivity contribution < 1.29 is 0 Å². The van der Waals surface area contributed by atoms with Gasteiger partial charge >= 0.3 is 0 Å². The van der Waals surface area contributed by atoms with E-state index in [0.717, 1.165) is 17.8 Å². The lowest BCUT2D eigenvalue weighted by Gasteiger charge is -2.13. The highest BCUT2D eigenvalue weighted by atomic mass is 14.1. The van der Waals surface area contributed by atoms with Gasteiger partial charge in [-0.2, -0.15) is 0 Å². The van der Waals surface area contributed by atoms with Gasteiger partial charge in [-0.15, -0.1) is 0 Å². The molecule has 0 N–H and O–H groups in total. The van der Waals surface area contributed by atoms with Crippen LogP contribution in [0.25, 0.3) is 0 Å². The van der Waals surface area contributed by atoms with Crippen LogP contribution in [0.5, 0.6) is 0 Å². The lowest BCUT2D eigenvalue weighted by atomic mass is 9.93. The van der Waals surface area contributed by atoms with E-state index in [4.69, 9.17) is 0 Å². The van der Waals surface area contributed by atoms with Crippen LogP contribution in [0.3, 0.4) is 0 Å². The molecule has 0 nitrogen and oxygen atoms in total. The number of rotatable bonds is 7. The molecule has 0 aliphatic carbocycles. The summed E-state index contributed by atoms with van der Waals surface area (Å²) in [6.45, 7) is 11.7. The number of unbranched alkanes of at least 4 members (excludes halogenated alkanes) is 1. The molecule has 0 rings (SSSR count). The highest BCUT2D eigenvalue weighted by molar-refractivity contribution is 4.57. The van der Waals surface area contributed by atoms with Gasteiger partial charge in [-0.1, -0.05) is 60.3 Å². The van der Waals surface area contributed by atoms with Crippen LogP contribution in [-0.2, 0) is 0 Å². The van der Waals surface area contributed by atoms with Gasteiger partial charge in [-0.3, -0.25) is 0 Å². The first-order valence-corrected chi connectivity index (χ1v) is 6.02. The molecule has 13 heavy (non-hydrogen) atoms. The van der Waals surface area contributed by atoms with E-state index >= 15 is 0 Å². The minimum atomic E-state index is 0.875. The first kappa shape index (κ1) is 13.0. The summed E-state index contributed by atoms with van der Waals surface area (Å²) in [6, 6.07) is 0. The van der Waals surface area contributed by atoms with E-state index in [1.165, 1.54) is 32.1 Å². The Morgan fingerprint density at radius 1 is 0.692 bits per heavy atom. The highest BCUT2D eigenvalue weighted by Gasteiger charge is 2.04. The lowest BCUT2D eigenvalue weighted by Crippen LogP contribution is -2.00. The van der Waals surface area contributed by atoms with Crippen LogP contribution in [0, 0.1) is 17.8 Å². The van der Waals surface area contributed by atoms with Crippen LogP contribution in [0.15, 0.2) is 0 Å². The van der Waals surface area contributed by atoms with Crippen molar-refractivity contribution in [2.24, 2.45) is 17.8 Å². The molecule has 0 aromatic carbocycles. The molecule has 0 bridgehead atoms. The van der Waals surface area contributed by atoms with Gasteiger partial charge in [0.05, 0.1) is 0 Å². The Kier molecular flexibility index (Phi) is 7.41. The molecule has 0 saturated heterocycles. The summed E-state index contributed by atoms with van der Waals surface area (Å²) < 4.78 is 0. The van der Waals surface area contributed by atoms with Crippen molar-refractivity contribution in [3.8, 4) is 0 Å². The van der Waals surface area contributed by atoms with Gasteiger partial charge in [0.1, 0.15) is 0 Å². The van der Waals surface area contributed by atoms with Crippen molar-refractivity contribution in [2.45, 2.75) is 66.7 Å². The highest BCUT2D eigenvalue weighted by Crippen LogP contribution is 2.18. The van der Waals surface area contributed by atoms with Crippen LogP contribution in [0.1, 0.15) is 66.7 Å². The van der Waals surface area contributed by atoms with Crippen molar-refractivity contribution in [3.05, 3.63) is 0 Å². The van der Waals surface area contributed by atoms with Crippen LogP contribution >= 0.6 is 0 Å². The minimum absolute atomic E-state index is 0.875. The summed E-state index contributed by atoms with van der Waals surface area (Å²) in [5, 5.41) is 0. The van der Waals surface area contributed by atoms with Crippen molar-refractivity contribution >= 4 is 0 Å². The summed E-state index contributed by atoms with van der Waals surface area (Å²) in [5.74, 6) is 2.70. The van der Waals surface area contributed by atoms with E-state index in [1.807, 2.05) is 0 Å². The Hall–Kier alpha value is 0. The minimum Gasteiger partial charge on any atom is -0.0628 e. The molecule has 0 radical (unpaired) electrons. The third-order valence-corrected chi connectivity index (χ3v) is 2.60. The molecule has 0 aromatic rings. The summed E-state index contributed by atoms with van der Waals surface area (Å²) in [7, 11) is 0. The van der Waals surface area contributed by atoms with Crippen LogP contribution in [0.4, 0.5) is 0 Å².